The highest BCUT2D eigenvalue weighted by molar-refractivity contribution is 6.11. The van der Waals surface area contributed by atoms with E-state index in [0.717, 1.165) is 0 Å². The van der Waals surface area contributed by atoms with E-state index < -0.39 is 41.0 Å². The van der Waals surface area contributed by atoms with Crippen LogP contribution in [0.25, 0.3) is 11.1 Å². The Morgan fingerprint density at radius 1 is 1.10 bits per heavy atom. The number of hydrogen-bond donors (Lipinski definition) is 2. The molecule has 0 fully saturated rings. The predicted octanol–water partition coefficient (Wildman–Crippen LogP) is 2.64. The summed E-state index contributed by atoms with van der Waals surface area (Å²) in [7, 11) is 1.51. The van der Waals surface area contributed by atoms with Gasteiger partial charge >= 0.3 is 5.97 Å². The lowest BCUT2D eigenvalue weighted by Crippen LogP contribution is -2.23. The Labute approximate surface area is 170 Å². The highest BCUT2D eigenvalue weighted by Gasteiger charge is 2.42. The zero-order valence-electron chi connectivity index (χ0n) is 15.5. The second-order valence-electron chi connectivity index (χ2n) is 6.17. The number of amides is 1. The minimum atomic E-state index is -1.58. The number of nitriles is 2. The third-order valence-corrected chi connectivity index (χ3v) is 4.42. The number of nitrogens with zero attached hydrogens (tertiary/aromatic N) is 2. The molecule has 0 aromatic heterocycles. The summed E-state index contributed by atoms with van der Waals surface area (Å²) < 4.78 is 24.7. The van der Waals surface area contributed by atoms with E-state index in [1.807, 2.05) is 0 Å². The molecule has 2 aromatic rings. The van der Waals surface area contributed by atoms with Gasteiger partial charge in [0, 0.05) is 0 Å². The van der Waals surface area contributed by atoms with Crippen LogP contribution >= 0.6 is 0 Å². The van der Waals surface area contributed by atoms with Crippen LogP contribution in [-0.4, -0.2) is 36.3 Å². The number of aliphatic carboxylic acids is 1. The molecule has 8 nitrogen and oxygen atoms in total. The van der Waals surface area contributed by atoms with Crippen LogP contribution in [0.15, 0.2) is 53.6 Å². The number of halogens is 1. The van der Waals surface area contributed by atoms with Crippen LogP contribution in [0.1, 0.15) is 0 Å². The van der Waals surface area contributed by atoms with Crippen molar-refractivity contribution in [1.82, 2.24) is 0 Å². The van der Waals surface area contributed by atoms with E-state index >= 15 is 0 Å². The van der Waals surface area contributed by atoms with Gasteiger partial charge in [-0.2, -0.15) is 10.5 Å². The van der Waals surface area contributed by atoms with Crippen LogP contribution in [0.2, 0.25) is 0 Å². The number of hydrogen-bond acceptors (Lipinski definition) is 6. The van der Waals surface area contributed by atoms with Gasteiger partial charge in [-0.25, -0.2) is 9.18 Å². The Kier molecular flexibility index (Phi) is 5.77. The van der Waals surface area contributed by atoms with Crippen LogP contribution in [-0.2, 0) is 14.3 Å². The van der Waals surface area contributed by atoms with Gasteiger partial charge in [0.2, 0.25) is 0 Å². The third-order valence-electron chi connectivity index (χ3n) is 4.42. The maximum atomic E-state index is 14.6. The van der Waals surface area contributed by atoms with E-state index in [2.05, 4.69) is 5.32 Å². The number of carboxylic acids is 1. The molecular formula is C21H14FN3O5. The van der Waals surface area contributed by atoms with Crippen LogP contribution in [0.5, 0.6) is 5.75 Å². The average molecular weight is 407 g/mol. The van der Waals surface area contributed by atoms with Gasteiger partial charge in [-0.15, -0.1) is 0 Å². The summed E-state index contributed by atoms with van der Waals surface area (Å²) in [6.07, 6.45) is -3.13. The fourth-order valence-electron chi connectivity index (χ4n) is 3.00. The molecular weight excluding hydrogens is 393 g/mol. The van der Waals surface area contributed by atoms with Crippen LogP contribution in [0, 0.1) is 28.5 Å². The standard InChI is InChI=1S/C21H14FN3O5/c1-29-13-4-2-3-11(7-13)12-5-6-15(14(22)8-12)25-20(26)18-16(9-23)30-17(10-24)19(18)21(27)28/h2-8,16-17H,1H3,(H,25,26)(H,27,28). The second-order valence-corrected chi connectivity index (χ2v) is 6.17. The Morgan fingerprint density at radius 3 is 2.37 bits per heavy atom. The predicted molar refractivity (Wildman–Crippen MR) is 102 cm³/mol. The van der Waals surface area contributed by atoms with E-state index in [9.17, 15) is 19.1 Å². The molecule has 2 aromatic carbocycles. The summed E-state index contributed by atoms with van der Waals surface area (Å²) in [6, 6.07) is 14.2. The fraction of sp³-hybridized carbons (Fsp3) is 0.143. The summed E-state index contributed by atoms with van der Waals surface area (Å²) in [5, 5.41) is 29.7. The van der Waals surface area contributed by atoms with Crippen molar-refractivity contribution in [2.24, 2.45) is 0 Å². The number of rotatable bonds is 5. The highest BCUT2D eigenvalue weighted by atomic mass is 19.1. The minimum Gasteiger partial charge on any atom is -0.497 e. The lowest BCUT2D eigenvalue weighted by molar-refractivity contribution is -0.133. The Morgan fingerprint density at radius 2 is 1.77 bits per heavy atom. The van der Waals surface area contributed by atoms with Gasteiger partial charge in [0.15, 0.2) is 12.2 Å². The first kappa shape index (κ1) is 20.5. The van der Waals surface area contributed by atoms with E-state index in [1.165, 1.54) is 19.2 Å². The Bertz CT molecular complexity index is 1150. The number of carboxylic acid groups (broad SMARTS) is 1. The number of methoxy groups -OCH3 is 1. The quantitative estimate of drug-likeness (QED) is 0.778. The summed E-state index contributed by atoms with van der Waals surface area (Å²) in [6.45, 7) is 0. The Balaban J connectivity index is 1.91. The SMILES string of the molecule is COc1cccc(-c2ccc(NC(=O)C3=C(C(=O)O)C(C#N)OC3C#N)c(F)c2)c1. The maximum absolute atomic E-state index is 14.6. The molecule has 0 bridgehead atoms. The van der Waals surface area contributed by atoms with E-state index in [4.69, 9.17) is 20.0 Å². The molecule has 0 saturated heterocycles. The van der Waals surface area contributed by atoms with Gasteiger partial charge in [0.1, 0.15) is 11.6 Å². The lowest BCUT2D eigenvalue weighted by atomic mass is 10.0. The smallest absolute Gasteiger partial charge is 0.335 e. The van der Waals surface area contributed by atoms with Crippen molar-refractivity contribution in [3.8, 4) is 29.0 Å². The molecule has 1 heterocycles. The largest absolute Gasteiger partial charge is 0.497 e. The molecule has 0 radical (unpaired) electrons. The van der Waals surface area contributed by atoms with Gasteiger partial charge in [0.25, 0.3) is 5.91 Å². The van der Waals surface area contributed by atoms with Gasteiger partial charge in [-0.1, -0.05) is 18.2 Å². The minimum absolute atomic E-state index is 0.221. The second kappa shape index (κ2) is 8.43. The first-order valence-electron chi connectivity index (χ1n) is 8.57. The normalized spacial score (nSPS) is 17.7. The molecule has 1 amide bonds. The van der Waals surface area contributed by atoms with E-state index in [1.54, 1.807) is 42.5 Å². The van der Waals surface area contributed by atoms with Gasteiger partial charge in [0.05, 0.1) is 36.1 Å². The topological polar surface area (TPSA) is 132 Å². The summed E-state index contributed by atoms with van der Waals surface area (Å²) in [5.74, 6) is -2.79. The van der Waals surface area contributed by atoms with E-state index in [0.29, 0.717) is 16.9 Å². The molecule has 9 heteroatoms. The molecule has 1 aliphatic heterocycles. The van der Waals surface area contributed by atoms with Crippen molar-refractivity contribution in [1.29, 1.82) is 10.5 Å². The Hall–Kier alpha value is -4.21. The highest BCUT2D eigenvalue weighted by Crippen LogP contribution is 2.30. The summed E-state index contributed by atoms with van der Waals surface area (Å²) >= 11 is 0. The molecule has 0 saturated carbocycles. The summed E-state index contributed by atoms with van der Waals surface area (Å²) in [5.41, 5.74) is -0.185. The molecule has 1 aliphatic rings. The first-order chi connectivity index (χ1) is 14.4. The van der Waals surface area contributed by atoms with Crippen molar-refractivity contribution in [2.75, 3.05) is 12.4 Å². The summed E-state index contributed by atoms with van der Waals surface area (Å²) in [4.78, 5) is 24.1. The van der Waals surface area contributed by atoms with E-state index in [-0.39, 0.29) is 5.69 Å². The molecule has 2 unspecified atom stereocenters. The third kappa shape index (κ3) is 3.83. The number of anilines is 1. The van der Waals surface area contributed by atoms with Crippen molar-refractivity contribution in [3.63, 3.8) is 0 Å². The molecule has 2 atom stereocenters. The van der Waals surface area contributed by atoms with Gasteiger partial charge in [-0.05, 0) is 35.4 Å². The van der Waals surface area contributed by atoms with Crippen molar-refractivity contribution in [2.45, 2.75) is 12.2 Å². The lowest BCUT2D eigenvalue weighted by Gasteiger charge is -2.11. The maximum Gasteiger partial charge on any atom is 0.335 e. The number of carbonyl (C=O) groups is 2. The zero-order valence-corrected chi connectivity index (χ0v) is 15.5. The molecule has 150 valence electrons. The molecule has 3 rings (SSSR count). The number of carbonyl (C=O) groups excluding carboxylic acids is 1. The van der Waals surface area contributed by atoms with Crippen molar-refractivity contribution < 1.29 is 28.6 Å². The molecule has 0 spiro atoms. The van der Waals surface area contributed by atoms with Crippen LogP contribution < -0.4 is 10.1 Å². The van der Waals surface area contributed by atoms with Crippen LogP contribution in [0.4, 0.5) is 10.1 Å². The first-order valence-corrected chi connectivity index (χ1v) is 8.57. The van der Waals surface area contributed by atoms with Crippen molar-refractivity contribution >= 4 is 17.6 Å². The zero-order chi connectivity index (χ0) is 21.8. The van der Waals surface area contributed by atoms with Crippen LogP contribution in [0.3, 0.4) is 0 Å². The monoisotopic (exact) mass is 407 g/mol. The number of benzene rings is 2. The van der Waals surface area contributed by atoms with Gasteiger partial charge < -0.3 is 19.9 Å². The molecule has 0 aliphatic carbocycles. The van der Waals surface area contributed by atoms with Crippen molar-refractivity contribution in [3.05, 3.63) is 59.4 Å². The molecule has 2 N–H and O–H groups in total. The fourth-order valence-corrected chi connectivity index (χ4v) is 3.00. The number of nitrogens with one attached hydrogen (secondary N) is 1. The molecule has 30 heavy (non-hydrogen) atoms. The number of ether oxygens (including phenoxy) is 2. The van der Waals surface area contributed by atoms with Gasteiger partial charge in [-0.3, -0.25) is 4.79 Å². The average Bonchev–Trinajstić information content (AvgIpc) is 3.14.